The molecule has 1 aromatic carbocycles. The van der Waals surface area contributed by atoms with Gasteiger partial charge in [0.15, 0.2) is 9.84 Å². The Morgan fingerprint density at radius 1 is 1.32 bits per heavy atom. The van der Waals surface area contributed by atoms with Crippen molar-refractivity contribution < 1.29 is 8.42 Å². The summed E-state index contributed by atoms with van der Waals surface area (Å²) >= 11 is 1.57. The fourth-order valence-electron chi connectivity index (χ4n) is 1.69. The van der Waals surface area contributed by atoms with Gasteiger partial charge in [-0.3, -0.25) is 0 Å². The van der Waals surface area contributed by atoms with Crippen LogP contribution in [-0.4, -0.2) is 25.7 Å². The molecule has 0 aliphatic rings. The summed E-state index contributed by atoms with van der Waals surface area (Å²) in [5.41, 5.74) is 7.52. The van der Waals surface area contributed by atoms with E-state index in [9.17, 15) is 8.42 Å². The number of rotatable bonds is 4. The van der Waals surface area contributed by atoms with E-state index < -0.39 is 9.84 Å². The average Bonchev–Trinajstić information content (AvgIpc) is 2.75. The number of nitrogens with two attached hydrogens (primary N) is 1. The zero-order valence-electron chi connectivity index (χ0n) is 10.8. The van der Waals surface area contributed by atoms with E-state index in [-0.39, 0.29) is 6.04 Å². The Labute approximate surface area is 117 Å². The summed E-state index contributed by atoms with van der Waals surface area (Å²) < 4.78 is 22.8. The third kappa shape index (κ3) is 3.62. The molecule has 1 unspecified atom stereocenters. The number of hydrogen-bond donors (Lipinski definition) is 1. The van der Waals surface area contributed by atoms with E-state index in [0.29, 0.717) is 4.90 Å². The number of aromatic nitrogens is 1. The maximum absolute atomic E-state index is 11.4. The smallest absolute Gasteiger partial charge is 0.175 e. The zero-order valence-corrected chi connectivity index (χ0v) is 12.5. The number of thiazole rings is 1. The number of nitrogens with zero attached hydrogens (tertiary/aromatic N) is 1. The molecule has 0 bridgehead atoms. The predicted octanol–water partition coefficient (Wildman–Crippen LogP) is 2.10. The summed E-state index contributed by atoms with van der Waals surface area (Å²) in [5, 5.41) is 2.96. The van der Waals surface area contributed by atoms with Crippen LogP contribution in [0.2, 0.25) is 0 Å². The quantitative estimate of drug-likeness (QED) is 0.937. The van der Waals surface area contributed by atoms with Crippen LogP contribution in [0.4, 0.5) is 0 Å². The fourth-order valence-corrected chi connectivity index (χ4v) is 3.26. The number of benzene rings is 1. The molecule has 0 fully saturated rings. The molecule has 0 spiro atoms. The van der Waals surface area contributed by atoms with Crippen molar-refractivity contribution >= 4 is 21.2 Å². The van der Waals surface area contributed by atoms with Crippen molar-refractivity contribution in [1.82, 2.24) is 4.98 Å². The Morgan fingerprint density at radius 2 is 1.95 bits per heavy atom. The van der Waals surface area contributed by atoms with Crippen molar-refractivity contribution in [2.45, 2.75) is 24.3 Å². The Kier molecular flexibility index (Phi) is 4.03. The lowest BCUT2D eigenvalue weighted by Gasteiger charge is -2.01. The summed E-state index contributed by atoms with van der Waals surface area (Å²) in [7, 11) is -3.15. The molecule has 2 rings (SSSR count). The van der Waals surface area contributed by atoms with Crippen molar-refractivity contribution in [3.05, 3.63) is 34.7 Å². The summed E-state index contributed by atoms with van der Waals surface area (Å²) in [6, 6.07) is 6.86. The van der Waals surface area contributed by atoms with Gasteiger partial charge in [-0.15, -0.1) is 11.3 Å². The minimum Gasteiger partial charge on any atom is -0.328 e. The first-order valence-corrected chi connectivity index (χ1v) is 8.64. The molecule has 1 atom stereocenters. The molecule has 2 aromatic rings. The molecule has 1 heterocycles. The van der Waals surface area contributed by atoms with Gasteiger partial charge in [0.25, 0.3) is 0 Å². The SMILES string of the molecule is CC(N)Cc1nc(-c2ccc(S(C)(=O)=O)cc2)cs1. The molecule has 19 heavy (non-hydrogen) atoms. The average molecular weight is 296 g/mol. The van der Waals surface area contributed by atoms with Crippen LogP contribution in [0.15, 0.2) is 34.5 Å². The van der Waals surface area contributed by atoms with E-state index in [4.69, 9.17) is 5.73 Å². The summed E-state index contributed by atoms with van der Waals surface area (Å²) in [6.07, 6.45) is 1.96. The Balaban J connectivity index is 2.25. The maximum Gasteiger partial charge on any atom is 0.175 e. The highest BCUT2D eigenvalue weighted by atomic mass is 32.2. The van der Waals surface area contributed by atoms with Gasteiger partial charge in [0.1, 0.15) is 0 Å². The highest BCUT2D eigenvalue weighted by Crippen LogP contribution is 2.23. The highest BCUT2D eigenvalue weighted by molar-refractivity contribution is 7.90. The Bertz CT molecular complexity index is 658. The van der Waals surface area contributed by atoms with Gasteiger partial charge in [-0.2, -0.15) is 0 Å². The first kappa shape index (κ1) is 14.2. The summed E-state index contributed by atoms with van der Waals surface area (Å²) in [4.78, 5) is 4.82. The van der Waals surface area contributed by atoms with E-state index in [1.165, 1.54) is 6.26 Å². The van der Waals surface area contributed by atoms with Crippen LogP contribution in [0.3, 0.4) is 0 Å². The molecule has 0 radical (unpaired) electrons. The molecular formula is C13H16N2O2S2. The van der Waals surface area contributed by atoms with Gasteiger partial charge in [-0.1, -0.05) is 12.1 Å². The molecule has 0 amide bonds. The van der Waals surface area contributed by atoms with Gasteiger partial charge < -0.3 is 5.73 Å². The Hall–Kier alpha value is -1.24. The van der Waals surface area contributed by atoms with E-state index in [2.05, 4.69) is 4.98 Å². The largest absolute Gasteiger partial charge is 0.328 e. The Morgan fingerprint density at radius 3 is 2.47 bits per heavy atom. The first-order valence-electron chi connectivity index (χ1n) is 5.87. The van der Waals surface area contributed by atoms with Crippen molar-refractivity contribution in [3.63, 3.8) is 0 Å². The van der Waals surface area contributed by atoms with E-state index in [1.54, 1.807) is 35.6 Å². The van der Waals surface area contributed by atoms with Crippen molar-refractivity contribution in [2.75, 3.05) is 6.26 Å². The molecule has 4 nitrogen and oxygen atoms in total. The van der Waals surface area contributed by atoms with Crippen molar-refractivity contribution in [3.8, 4) is 11.3 Å². The minimum absolute atomic E-state index is 0.0895. The third-order valence-corrected chi connectivity index (χ3v) is 4.63. The van der Waals surface area contributed by atoms with Crippen molar-refractivity contribution in [2.24, 2.45) is 5.73 Å². The van der Waals surface area contributed by atoms with Crippen LogP contribution in [0, 0.1) is 0 Å². The van der Waals surface area contributed by atoms with Crippen LogP contribution in [-0.2, 0) is 16.3 Å². The van der Waals surface area contributed by atoms with Gasteiger partial charge in [-0.25, -0.2) is 13.4 Å². The summed E-state index contributed by atoms with van der Waals surface area (Å²) in [5.74, 6) is 0. The molecule has 0 aliphatic carbocycles. The van der Waals surface area contributed by atoms with Gasteiger partial charge in [0.2, 0.25) is 0 Å². The van der Waals surface area contributed by atoms with Gasteiger partial charge in [0, 0.05) is 29.7 Å². The van der Waals surface area contributed by atoms with Crippen molar-refractivity contribution in [1.29, 1.82) is 0 Å². The normalized spacial score (nSPS) is 13.4. The van der Waals surface area contributed by atoms with Crippen LogP contribution in [0.25, 0.3) is 11.3 Å². The lowest BCUT2D eigenvalue weighted by Crippen LogP contribution is -2.17. The van der Waals surface area contributed by atoms with Crippen LogP contribution in [0.5, 0.6) is 0 Å². The van der Waals surface area contributed by atoms with E-state index in [0.717, 1.165) is 22.7 Å². The highest BCUT2D eigenvalue weighted by Gasteiger charge is 2.09. The molecule has 102 valence electrons. The second-order valence-corrected chi connectivity index (χ2v) is 7.56. The molecule has 6 heteroatoms. The third-order valence-electron chi connectivity index (χ3n) is 2.63. The summed E-state index contributed by atoms with van der Waals surface area (Å²) in [6.45, 7) is 1.95. The van der Waals surface area contributed by atoms with Crippen LogP contribution in [0.1, 0.15) is 11.9 Å². The lowest BCUT2D eigenvalue weighted by molar-refractivity contribution is 0.602. The second kappa shape index (κ2) is 5.40. The van der Waals surface area contributed by atoms with Crippen LogP contribution < -0.4 is 5.73 Å². The molecule has 0 saturated heterocycles. The lowest BCUT2D eigenvalue weighted by atomic mass is 10.2. The van der Waals surface area contributed by atoms with Gasteiger partial charge >= 0.3 is 0 Å². The van der Waals surface area contributed by atoms with Crippen LogP contribution >= 0.6 is 11.3 Å². The van der Waals surface area contributed by atoms with Gasteiger partial charge in [-0.05, 0) is 19.1 Å². The number of sulfone groups is 1. The predicted molar refractivity (Wildman–Crippen MR) is 78.0 cm³/mol. The fraction of sp³-hybridized carbons (Fsp3) is 0.308. The molecule has 0 aliphatic heterocycles. The van der Waals surface area contributed by atoms with E-state index >= 15 is 0 Å². The second-order valence-electron chi connectivity index (χ2n) is 4.60. The monoisotopic (exact) mass is 296 g/mol. The molecular weight excluding hydrogens is 280 g/mol. The molecule has 0 saturated carbocycles. The maximum atomic E-state index is 11.4. The standard InChI is InChI=1S/C13H16N2O2S2/c1-9(14)7-13-15-12(8-18-13)10-3-5-11(6-4-10)19(2,16)17/h3-6,8-9H,7,14H2,1-2H3. The molecule has 1 aromatic heterocycles. The topological polar surface area (TPSA) is 73.0 Å². The minimum atomic E-state index is -3.15. The zero-order chi connectivity index (χ0) is 14.0. The number of hydrogen-bond acceptors (Lipinski definition) is 5. The first-order chi connectivity index (χ1) is 8.86. The molecule has 2 N–H and O–H groups in total. The van der Waals surface area contributed by atoms with E-state index in [1.807, 2.05) is 12.3 Å². The van der Waals surface area contributed by atoms with Gasteiger partial charge in [0.05, 0.1) is 15.6 Å².